The SMILES string of the molecule is c1ccc(-c2ccc3cc4ccccc4c(-c4cccc5ccccc45)c3c2)cc1. The van der Waals surface area contributed by atoms with Crippen molar-refractivity contribution >= 4 is 32.3 Å². The van der Waals surface area contributed by atoms with Crippen LogP contribution in [0.1, 0.15) is 0 Å². The minimum atomic E-state index is 1.25. The molecule has 140 valence electrons. The molecule has 0 nitrogen and oxygen atoms in total. The molecule has 0 fully saturated rings. The van der Waals surface area contributed by atoms with Crippen molar-refractivity contribution in [3.63, 3.8) is 0 Å². The van der Waals surface area contributed by atoms with E-state index in [-0.39, 0.29) is 0 Å². The van der Waals surface area contributed by atoms with Crippen molar-refractivity contribution in [1.82, 2.24) is 0 Å². The molecule has 0 atom stereocenters. The second-order valence-electron chi connectivity index (χ2n) is 7.80. The van der Waals surface area contributed by atoms with Gasteiger partial charge in [-0.25, -0.2) is 0 Å². The van der Waals surface area contributed by atoms with E-state index in [1.807, 2.05) is 0 Å². The minimum Gasteiger partial charge on any atom is -0.0622 e. The molecule has 0 spiro atoms. The normalized spacial score (nSPS) is 11.3. The van der Waals surface area contributed by atoms with Gasteiger partial charge >= 0.3 is 0 Å². The van der Waals surface area contributed by atoms with Crippen LogP contribution in [0.25, 0.3) is 54.6 Å². The van der Waals surface area contributed by atoms with E-state index in [0.29, 0.717) is 0 Å². The van der Waals surface area contributed by atoms with Crippen LogP contribution in [0.3, 0.4) is 0 Å². The first kappa shape index (κ1) is 17.0. The number of benzene rings is 6. The Morgan fingerprint density at radius 2 is 1.00 bits per heavy atom. The summed E-state index contributed by atoms with van der Waals surface area (Å²) in [5.74, 6) is 0. The zero-order valence-corrected chi connectivity index (χ0v) is 16.5. The summed E-state index contributed by atoms with van der Waals surface area (Å²) < 4.78 is 0. The number of hydrogen-bond donors (Lipinski definition) is 0. The Bertz CT molecular complexity index is 1520. The molecule has 0 heterocycles. The number of hydrogen-bond acceptors (Lipinski definition) is 0. The average Bonchev–Trinajstić information content (AvgIpc) is 2.82. The lowest BCUT2D eigenvalue weighted by atomic mass is 9.88. The van der Waals surface area contributed by atoms with Crippen molar-refractivity contribution in [3.05, 3.63) is 121 Å². The smallest absolute Gasteiger partial charge is 0.00204 e. The van der Waals surface area contributed by atoms with Crippen molar-refractivity contribution in [1.29, 1.82) is 0 Å². The fourth-order valence-electron chi connectivity index (χ4n) is 4.61. The molecule has 0 unspecified atom stereocenters. The van der Waals surface area contributed by atoms with Crippen molar-refractivity contribution in [3.8, 4) is 22.3 Å². The van der Waals surface area contributed by atoms with Crippen LogP contribution in [0.4, 0.5) is 0 Å². The number of fused-ring (bicyclic) bond motifs is 3. The van der Waals surface area contributed by atoms with E-state index in [4.69, 9.17) is 0 Å². The van der Waals surface area contributed by atoms with Crippen LogP contribution < -0.4 is 0 Å². The van der Waals surface area contributed by atoms with Crippen LogP contribution in [0.5, 0.6) is 0 Å². The van der Waals surface area contributed by atoms with Gasteiger partial charge in [0.1, 0.15) is 0 Å². The fourth-order valence-corrected chi connectivity index (χ4v) is 4.61. The minimum absolute atomic E-state index is 1.25. The Balaban J connectivity index is 1.77. The van der Waals surface area contributed by atoms with Gasteiger partial charge in [0.05, 0.1) is 0 Å². The molecular weight excluding hydrogens is 360 g/mol. The largest absolute Gasteiger partial charge is 0.0622 e. The van der Waals surface area contributed by atoms with Gasteiger partial charge < -0.3 is 0 Å². The zero-order valence-electron chi connectivity index (χ0n) is 16.5. The summed E-state index contributed by atoms with van der Waals surface area (Å²) in [6.07, 6.45) is 0. The van der Waals surface area contributed by atoms with E-state index in [1.165, 1.54) is 54.6 Å². The summed E-state index contributed by atoms with van der Waals surface area (Å²) in [5.41, 5.74) is 5.11. The lowest BCUT2D eigenvalue weighted by molar-refractivity contribution is 1.64. The van der Waals surface area contributed by atoms with Crippen molar-refractivity contribution < 1.29 is 0 Å². The summed E-state index contributed by atoms with van der Waals surface area (Å²) in [5, 5.41) is 7.72. The first-order valence-electron chi connectivity index (χ1n) is 10.4. The van der Waals surface area contributed by atoms with E-state index in [1.54, 1.807) is 0 Å². The van der Waals surface area contributed by atoms with Gasteiger partial charge in [-0.2, -0.15) is 0 Å². The third kappa shape index (κ3) is 2.69. The molecule has 0 aliphatic heterocycles. The summed E-state index contributed by atoms with van der Waals surface area (Å²) in [4.78, 5) is 0. The lowest BCUT2D eigenvalue weighted by Crippen LogP contribution is -1.88. The second kappa shape index (κ2) is 6.86. The monoisotopic (exact) mass is 380 g/mol. The Morgan fingerprint density at radius 1 is 0.333 bits per heavy atom. The molecule has 6 aromatic carbocycles. The molecule has 0 saturated carbocycles. The molecule has 6 aromatic rings. The van der Waals surface area contributed by atoms with Crippen LogP contribution in [-0.2, 0) is 0 Å². The van der Waals surface area contributed by atoms with Crippen LogP contribution in [0.2, 0.25) is 0 Å². The molecule has 0 radical (unpaired) electrons. The molecule has 30 heavy (non-hydrogen) atoms. The molecule has 0 saturated heterocycles. The third-order valence-corrected chi connectivity index (χ3v) is 6.03. The second-order valence-corrected chi connectivity index (χ2v) is 7.80. The van der Waals surface area contributed by atoms with Crippen molar-refractivity contribution in [2.24, 2.45) is 0 Å². The molecule has 0 aliphatic carbocycles. The van der Waals surface area contributed by atoms with Crippen LogP contribution in [0.15, 0.2) is 121 Å². The molecule has 0 N–H and O–H groups in total. The summed E-state index contributed by atoms with van der Waals surface area (Å²) in [6, 6.07) is 43.8. The Kier molecular flexibility index (Phi) is 3.89. The van der Waals surface area contributed by atoms with E-state index >= 15 is 0 Å². The molecule has 0 amide bonds. The zero-order chi connectivity index (χ0) is 19.9. The predicted molar refractivity (Wildman–Crippen MR) is 130 cm³/mol. The summed E-state index contributed by atoms with van der Waals surface area (Å²) >= 11 is 0. The number of rotatable bonds is 2. The van der Waals surface area contributed by atoms with Gasteiger partial charge in [0, 0.05) is 0 Å². The highest BCUT2D eigenvalue weighted by Crippen LogP contribution is 2.40. The lowest BCUT2D eigenvalue weighted by Gasteiger charge is -2.15. The fraction of sp³-hybridized carbons (Fsp3) is 0. The molecule has 0 aliphatic rings. The maximum absolute atomic E-state index is 2.36. The first-order valence-corrected chi connectivity index (χ1v) is 10.4. The summed E-state index contributed by atoms with van der Waals surface area (Å²) in [7, 11) is 0. The quantitative estimate of drug-likeness (QED) is 0.264. The van der Waals surface area contributed by atoms with Gasteiger partial charge in [-0.15, -0.1) is 0 Å². The predicted octanol–water partition coefficient (Wildman–Crippen LogP) is 8.48. The molecule has 0 aromatic heterocycles. The Hall–Kier alpha value is -3.90. The van der Waals surface area contributed by atoms with E-state index in [2.05, 4.69) is 121 Å². The van der Waals surface area contributed by atoms with Gasteiger partial charge in [0.2, 0.25) is 0 Å². The molecule has 0 bridgehead atoms. The van der Waals surface area contributed by atoms with Crippen LogP contribution in [0, 0.1) is 0 Å². The highest BCUT2D eigenvalue weighted by molar-refractivity contribution is 6.17. The third-order valence-electron chi connectivity index (χ3n) is 6.03. The van der Waals surface area contributed by atoms with Gasteiger partial charge in [-0.3, -0.25) is 0 Å². The molecular formula is C30H20. The molecule has 6 rings (SSSR count). The van der Waals surface area contributed by atoms with E-state index in [9.17, 15) is 0 Å². The first-order chi connectivity index (χ1) is 14.9. The van der Waals surface area contributed by atoms with Crippen LogP contribution >= 0.6 is 0 Å². The van der Waals surface area contributed by atoms with Crippen LogP contribution in [-0.4, -0.2) is 0 Å². The maximum atomic E-state index is 2.36. The standard InChI is InChI=1S/C30H20/c1-2-9-21(10-3-1)23-17-18-25-19-24-12-5-7-15-27(24)30(29(25)20-23)28-16-8-13-22-11-4-6-14-26(22)28/h1-20H. The Labute approximate surface area is 176 Å². The average molecular weight is 380 g/mol. The topological polar surface area (TPSA) is 0 Å². The maximum Gasteiger partial charge on any atom is -0.00204 e. The van der Waals surface area contributed by atoms with E-state index < -0.39 is 0 Å². The van der Waals surface area contributed by atoms with Gasteiger partial charge in [0.15, 0.2) is 0 Å². The summed E-state index contributed by atoms with van der Waals surface area (Å²) in [6.45, 7) is 0. The van der Waals surface area contributed by atoms with Gasteiger partial charge in [0.25, 0.3) is 0 Å². The van der Waals surface area contributed by atoms with Crippen molar-refractivity contribution in [2.75, 3.05) is 0 Å². The van der Waals surface area contributed by atoms with Crippen molar-refractivity contribution in [2.45, 2.75) is 0 Å². The Morgan fingerprint density at radius 3 is 1.87 bits per heavy atom. The highest BCUT2D eigenvalue weighted by atomic mass is 14.2. The highest BCUT2D eigenvalue weighted by Gasteiger charge is 2.13. The molecule has 0 heteroatoms. The van der Waals surface area contributed by atoms with Gasteiger partial charge in [-0.1, -0.05) is 109 Å². The van der Waals surface area contributed by atoms with E-state index in [0.717, 1.165) is 0 Å². The van der Waals surface area contributed by atoms with Gasteiger partial charge in [-0.05, 0) is 66.7 Å².